The maximum atomic E-state index is 14.3. The third-order valence-electron chi connectivity index (χ3n) is 3.21. The number of amides is 1. The van der Waals surface area contributed by atoms with E-state index in [1.165, 1.54) is 12.3 Å². The fourth-order valence-corrected chi connectivity index (χ4v) is 2.22. The van der Waals surface area contributed by atoms with E-state index in [4.69, 9.17) is 0 Å². The molecule has 0 saturated heterocycles. The van der Waals surface area contributed by atoms with E-state index in [9.17, 15) is 14.3 Å². The van der Waals surface area contributed by atoms with Crippen molar-refractivity contribution in [3.05, 3.63) is 58.9 Å². The summed E-state index contributed by atoms with van der Waals surface area (Å²) in [5.41, 5.74) is 5.18. The van der Waals surface area contributed by atoms with Gasteiger partial charge < -0.3 is 5.11 Å². The van der Waals surface area contributed by atoms with Gasteiger partial charge in [0.1, 0.15) is 5.82 Å². The number of benzene rings is 2. The lowest BCUT2D eigenvalue weighted by molar-refractivity contribution is -0.109. The molecule has 2 aromatic rings. The normalized spacial score (nSPS) is 10.8. The molecule has 2 rings (SSSR count). The van der Waals surface area contributed by atoms with Crippen LogP contribution >= 0.6 is 0 Å². The van der Waals surface area contributed by atoms with E-state index >= 15 is 0 Å². The number of hydrogen-bond donors (Lipinski definition) is 2. The molecule has 0 radical (unpaired) electrons. The van der Waals surface area contributed by atoms with Gasteiger partial charge in [-0.1, -0.05) is 30.3 Å². The molecule has 0 aliphatic carbocycles. The van der Waals surface area contributed by atoms with E-state index in [2.05, 4.69) is 10.5 Å². The first-order valence-corrected chi connectivity index (χ1v) is 6.39. The van der Waals surface area contributed by atoms with E-state index in [1.54, 1.807) is 24.3 Å². The summed E-state index contributed by atoms with van der Waals surface area (Å²) in [6, 6.07) is 10.0. The number of hydrogen-bond acceptors (Lipinski definition) is 3. The Balaban J connectivity index is 2.63. The topological polar surface area (TPSA) is 61.7 Å². The van der Waals surface area contributed by atoms with Crippen molar-refractivity contribution in [2.24, 2.45) is 5.10 Å². The Kier molecular flexibility index (Phi) is 4.79. The third kappa shape index (κ3) is 3.14. The Morgan fingerprint density at radius 2 is 2.05 bits per heavy atom. The lowest BCUT2D eigenvalue weighted by atomic mass is 9.93. The molecule has 0 heterocycles. The van der Waals surface area contributed by atoms with Gasteiger partial charge in [-0.15, -0.1) is 0 Å². The van der Waals surface area contributed by atoms with Crippen LogP contribution in [-0.4, -0.2) is 17.7 Å². The molecule has 0 saturated carbocycles. The van der Waals surface area contributed by atoms with Crippen LogP contribution in [0.4, 0.5) is 4.39 Å². The predicted octanol–water partition coefficient (Wildman–Crippen LogP) is 2.37. The Hall–Kier alpha value is -2.53. The lowest BCUT2D eigenvalue weighted by Gasteiger charge is -2.13. The van der Waals surface area contributed by atoms with Gasteiger partial charge in [0.2, 0.25) is 6.41 Å². The number of carbonyl (C=O) groups excluding carboxylic acids is 1. The first kappa shape index (κ1) is 14.9. The van der Waals surface area contributed by atoms with Crippen LogP contribution < -0.4 is 5.43 Å². The third-order valence-corrected chi connectivity index (χ3v) is 3.21. The van der Waals surface area contributed by atoms with Gasteiger partial charge in [0.05, 0.1) is 12.8 Å². The molecule has 0 unspecified atom stereocenters. The second-order valence-electron chi connectivity index (χ2n) is 4.47. The lowest BCUT2D eigenvalue weighted by Crippen LogP contribution is -2.03. The van der Waals surface area contributed by atoms with Gasteiger partial charge >= 0.3 is 0 Å². The van der Waals surface area contributed by atoms with E-state index in [1.807, 2.05) is 13.0 Å². The molecule has 0 fully saturated rings. The molecule has 21 heavy (non-hydrogen) atoms. The van der Waals surface area contributed by atoms with Crippen molar-refractivity contribution in [1.82, 2.24) is 5.43 Å². The monoisotopic (exact) mass is 286 g/mol. The van der Waals surface area contributed by atoms with Gasteiger partial charge in [0.25, 0.3) is 0 Å². The number of rotatable bonds is 5. The van der Waals surface area contributed by atoms with E-state index < -0.39 is 5.82 Å². The molecule has 0 atom stereocenters. The largest absolute Gasteiger partial charge is 0.392 e. The SMILES string of the molecule is Cc1cccc(-c2c(F)cccc2/C=N\NC=O)c1CO. The summed E-state index contributed by atoms with van der Waals surface area (Å²) in [5.74, 6) is -0.412. The zero-order chi connectivity index (χ0) is 15.2. The summed E-state index contributed by atoms with van der Waals surface area (Å²) in [4.78, 5) is 10.2. The fourth-order valence-electron chi connectivity index (χ4n) is 2.22. The molecule has 1 amide bonds. The predicted molar refractivity (Wildman–Crippen MR) is 79.3 cm³/mol. The Bertz CT molecular complexity index is 684. The highest BCUT2D eigenvalue weighted by Crippen LogP contribution is 2.30. The maximum absolute atomic E-state index is 14.3. The fraction of sp³-hybridized carbons (Fsp3) is 0.125. The molecule has 2 N–H and O–H groups in total. The van der Waals surface area contributed by atoms with Crippen LogP contribution in [0, 0.1) is 12.7 Å². The molecule has 0 spiro atoms. The zero-order valence-electron chi connectivity index (χ0n) is 11.5. The van der Waals surface area contributed by atoms with Crippen LogP contribution in [0.3, 0.4) is 0 Å². The average molecular weight is 286 g/mol. The van der Waals surface area contributed by atoms with Crippen molar-refractivity contribution in [3.8, 4) is 11.1 Å². The molecule has 0 aliphatic rings. The van der Waals surface area contributed by atoms with Crippen LogP contribution in [0.25, 0.3) is 11.1 Å². The molecule has 0 bridgehead atoms. The molecular weight excluding hydrogens is 271 g/mol. The highest BCUT2D eigenvalue weighted by molar-refractivity contribution is 5.91. The Labute approximate surface area is 121 Å². The first-order valence-electron chi connectivity index (χ1n) is 6.39. The van der Waals surface area contributed by atoms with Crippen LogP contribution in [0.5, 0.6) is 0 Å². The number of nitrogens with zero attached hydrogens (tertiary/aromatic N) is 1. The Morgan fingerprint density at radius 3 is 2.76 bits per heavy atom. The number of aliphatic hydroxyl groups excluding tert-OH is 1. The molecule has 5 heteroatoms. The summed E-state index contributed by atoms with van der Waals surface area (Å²) in [5, 5.41) is 13.2. The first-order chi connectivity index (χ1) is 10.2. The number of halogens is 1. The highest BCUT2D eigenvalue weighted by atomic mass is 19.1. The number of nitrogens with one attached hydrogen (secondary N) is 1. The number of aliphatic hydroxyl groups is 1. The zero-order valence-corrected chi connectivity index (χ0v) is 11.5. The molecule has 108 valence electrons. The van der Waals surface area contributed by atoms with Crippen molar-refractivity contribution in [2.75, 3.05) is 0 Å². The van der Waals surface area contributed by atoms with Gasteiger partial charge in [-0.05, 0) is 29.7 Å². The maximum Gasteiger partial charge on any atom is 0.227 e. The molecule has 0 aliphatic heterocycles. The van der Waals surface area contributed by atoms with Gasteiger partial charge in [-0.2, -0.15) is 5.10 Å². The average Bonchev–Trinajstić information content (AvgIpc) is 2.47. The Morgan fingerprint density at radius 1 is 1.29 bits per heavy atom. The second-order valence-corrected chi connectivity index (χ2v) is 4.47. The van der Waals surface area contributed by atoms with Crippen LogP contribution in [0.1, 0.15) is 16.7 Å². The van der Waals surface area contributed by atoms with Crippen LogP contribution in [0.2, 0.25) is 0 Å². The number of hydrazone groups is 1. The molecule has 4 nitrogen and oxygen atoms in total. The quantitative estimate of drug-likeness (QED) is 0.503. The van der Waals surface area contributed by atoms with Gasteiger partial charge in [-0.3, -0.25) is 4.79 Å². The minimum absolute atomic E-state index is 0.181. The second kappa shape index (κ2) is 6.76. The summed E-state index contributed by atoms with van der Waals surface area (Å²) in [6.07, 6.45) is 1.80. The van der Waals surface area contributed by atoms with Gasteiger partial charge in [0.15, 0.2) is 0 Å². The van der Waals surface area contributed by atoms with E-state index in [-0.39, 0.29) is 6.61 Å². The van der Waals surface area contributed by atoms with Crippen molar-refractivity contribution in [1.29, 1.82) is 0 Å². The molecular formula is C16H15FN2O2. The summed E-state index contributed by atoms with van der Waals surface area (Å²) >= 11 is 0. The smallest absolute Gasteiger partial charge is 0.227 e. The number of aryl methyl sites for hydroxylation is 1. The van der Waals surface area contributed by atoms with Crippen LogP contribution in [0.15, 0.2) is 41.5 Å². The van der Waals surface area contributed by atoms with Crippen molar-refractivity contribution in [2.45, 2.75) is 13.5 Å². The van der Waals surface area contributed by atoms with Gasteiger partial charge in [-0.25, -0.2) is 9.82 Å². The van der Waals surface area contributed by atoms with E-state index in [0.717, 1.165) is 5.56 Å². The minimum Gasteiger partial charge on any atom is -0.392 e. The summed E-state index contributed by atoms with van der Waals surface area (Å²) < 4.78 is 14.3. The summed E-state index contributed by atoms with van der Waals surface area (Å²) in [6.45, 7) is 1.68. The highest BCUT2D eigenvalue weighted by Gasteiger charge is 2.14. The van der Waals surface area contributed by atoms with Crippen LogP contribution in [-0.2, 0) is 11.4 Å². The number of carbonyl (C=O) groups is 1. The standard InChI is InChI=1S/C16H15FN2O2/c1-11-4-2-6-13(14(11)9-20)16-12(8-18-19-10-21)5-3-7-15(16)17/h2-8,10,20H,9H2,1H3,(H,19,21)/b18-8-. The van der Waals surface area contributed by atoms with Crippen molar-refractivity contribution in [3.63, 3.8) is 0 Å². The van der Waals surface area contributed by atoms with Crippen molar-refractivity contribution < 1.29 is 14.3 Å². The van der Waals surface area contributed by atoms with Gasteiger partial charge in [0, 0.05) is 11.1 Å². The van der Waals surface area contributed by atoms with Crippen molar-refractivity contribution >= 4 is 12.6 Å². The van der Waals surface area contributed by atoms with E-state index in [0.29, 0.717) is 28.7 Å². The minimum atomic E-state index is -0.412. The summed E-state index contributed by atoms with van der Waals surface area (Å²) in [7, 11) is 0. The molecule has 0 aromatic heterocycles. The molecule has 2 aromatic carbocycles.